The van der Waals surface area contributed by atoms with E-state index < -0.39 is 4.92 Å². The molecule has 0 radical (unpaired) electrons. The monoisotopic (exact) mass is 335 g/mol. The number of carbonyl (C=O) groups excluding carboxylic acids is 2. The molecule has 24 heavy (non-hydrogen) atoms. The van der Waals surface area contributed by atoms with Crippen LogP contribution >= 0.6 is 0 Å². The second-order valence-electron chi connectivity index (χ2n) is 5.10. The maximum atomic E-state index is 11.6. The molecule has 8 nitrogen and oxygen atoms in total. The van der Waals surface area contributed by atoms with E-state index in [4.69, 9.17) is 0 Å². The minimum atomic E-state index is -0.502. The summed E-state index contributed by atoms with van der Waals surface area (Å²) in [6.45, 7) is 0. The Balaban J connectivity index is 2.25. The van der Waals surface area contributed by atoms with Gasteiger partial charge in [0, 0.05) is 18.9 Å². The van der Waals surface area contributed by atoms with Crippen molar-refractivity contribution in [3.05, 3.63) is 39.9 Å². The van der Waals surface area contributed by atoms with Gasteiger partial charge >= 0.3 is 5.97 Å². The van der Waals surface area contributed by atoms with Crippen molar-refractivity contribution in [2.24, 2.45) is 5.10 Å². The highest BCUT2D eigenvalue weighted by molar-refractivity contribution is 5.86. The van der Waals surface area contributed by atoms with Crippen LogP contribution in [0.1, 0.15) is 44.1 Å². The summed E-state index contributed by atoms with van der Waals surface area (Å²) in [6, 6.07) is 6.14. The molecule has 0 aromatic heterocycles. The largest absolute Gasteiger partial charge is 0.469 e. The molecule has 0 unspecified atom stereocenters. The number of hydrazone groups is 1. The number of nitro groups is 1. The van der Waals surface area contributed by atoms with Crippen molar-refractivity contribution in [2.75, 3.05) is 7.11 Å². The normalized spacial score (nSPS) is 10.5. The topological polar surface area (TPSA) is 111 Å². The number of para-hydroxylation sites is 1. The standard InChI is InChI=1S/C16H21N3O5/c1-24-16(21)11-5-3-2-4-10-15(20)18-17-12-13-8-6-7-9-14(13)19(22)23/h6-9,12H,2-5,10-11H2,1H3,(H,18,20)/b17-12+. The Kier molecular flexibility index (Phi) is 8.73. The van der Waals surface area contributed by atoms with Gasteiger partial charge in [-0.3, -0.25) is 19.7 Å². The first-order chi connectivity index (χ1) is 11.5. The molecular formula is C16H21N3O5. The van der Waals surface area contributed by atoms with Crippen molar-refractivity contribution >= 4 is 23.8 Å². The average molecular weight is 335 g/mol. The van der Waals surface area contributed by atoms with E-state index in [1.165, 1.54) is 19.4 Å². The number of hydrogen-bond donors (Lipinski definition) is 1. The number of nitrogens with zero attached hydrogens (tertiary/aromatic N) is 2. The van der Waals surface area contributed by atoms with E-state index in [1.54, 1.807) is 18.2 Å². The van der Waals surface area contributed by atoms with Crippen molar-refractivity contribution in [1.29, 1.82) is 0 Å². The average Bonchev–Trinajstić information content (AvgIpc) is 2.58. The van der Waals surface area contributed by atoms with Crippen LogP contribution in [0.4, 0.5) is 5.69 Å². The zero-order chi connectivity index (χ0) is 17.8. The van der Waals surface area contributed by atoms with Crippen molar-refractivity contribution in [2.45, 2.75) is 38.5 Å². The summed E-state index contributed by atoms with van der Waals surface area (Å²) in [5.74, 6) is -0.477. The summed E-state index contributed by atoms with van der Waals surface area (Å²) < 4.78 is 4.54. The van der Waals surface area contributed by atoms with E-state index in [2.05, 4.69) is 15.3 Å². The first-order valence-electron chi connectivity index (χ1n) is 7.66. The lowest BCUT2D eigenvalue weighted by Gasteiger charge is -2.01. The third kappa shape index (κ3) is 7.48. The molecule has 0 aliphatic rings. The minimum Gasteiger partial charge on any atom is -0.469 e. The van der Waals surface area contributed by atoms with Crippen LogP contribution in [0.3, 0.4) is 0 Å². The molecule has 0 spiro atoms. The van der Waals surface area contributed by atoms with Crippen LogP contribution in [0.15, 0.2) is 29.4 Å². The summed E-state index contributed by atoms with van der Waals surface area (Å²) in [5.41, 5.74) is 2.61. The fourth-order valence-corrected chi connectivity index (χ4v) is 2.00. The van der Waals surface area contributed by atoms with Gasteiger partial charge in [0.1, 0.15) is 0 Å². The molecule has 0 atom stereocenters. The molecule has 0 heterocycles. The zero-order valence-corrected chi connectivity index (χ0v) is 13.6. The van der Waals surface area contributed by atoms with Crippen molar-refractivity contribution < 1.29 is 19.2 Å². The van der Waals surface area contributed by atoms with Crippen molar-refractivity contribution in [3.8, 4) is 0 Å². The van der Waals surface area contributed by atoms with E-state index in [0.717, 1.165) is 19.3 Å². The fraction of sp³-hybridized carbons (Fsp3) is 0.438. The molecule has 1 aromatic carbocycles. The summed E-state index contributed by atoms with van der Waals surface area (Å²) in [4.78, 5) is 32.8. The molecule has 1 N–H and O–H groups in total. The van der Waals surface area contributed by atoms with E-state index in [0.29, 0.717) is 24.8 Å². The van der Waals surface area contributed by atoms with Crippen molar-refractivity contribution in [3.63, 3.8) is 0 Å². The highest BCUT2D eigenvalue weighted by Gasteiger charge is 2.10. The molecule has 1 aromatic rings. The summed E-state index contributed by atoms with van der Waals surface area (Å²) in [5, 5.41) is 14.6. The van der Waals surface area contributed by atoms with E-state index in [1.807, 2.05) is 0 Å². The van der Waals surface area contributed by atoms with Gasteiger partial charge in [0.05, 0.1) is 23.8 Å². The van der Waals surface area contributed by atoms with Gasteiger partial charge in [-0.25, -0.2) is 5.43 Å². The maximum Gasteiger partial charge on any atom is 0.305 e. The SMILES string of the molecule is COC(=O)CCCCCCC(=O)N/N=C/c1ccccc1[N+](=O)[O-]. The van der Waals surface area contributed by atoms with Crippen LogP contribution in [0.5, 0.6) is 0 Å². The Morgan fingerprint density at radius 2 is 1.88 bits per heavy atom. The number of methoxy groups -OCH3 is 1. The lowest BCUT2D eigenvalue weighted by molar-refractivity contribution is -0.385. The number of unbranched alkanes of at least 4 members (excludes halogenated alkanes) is 3. The molecule has 0 saturated carbocycles. The van der Waals surface area contributed by atoms with Gasteiger partial charge in [0.25, 0.3) is 5.69 Å². The molecular weight excluding hydrogens is 314 g/mol. The third-order valence-corrected chi connectivity index (χ3v) is 3.29. The Labute approximate surface area is 140 Å². The first kappa shape index (κ1) is 19.3. The van der Waals surface area contributed by atoms with Crippen molar-refractivity contribution in [1.82, 2.24) is 5.43 Å². The molecule has 1 rings (SSSR count). The zero-order valence-electron chi connectivity index (χ0n) is 13.6. The van der Waals surface area contributed by atoms with Gasteiger partial charge < -0.3 is 4.74 Å². The highest BCUT2D eigenvalue weighted by atomic mass is 16.6. The number of ether oxygens (including phenoxy) is 1. The van der Waals surface area contributed by atoms with E-state index in [-0.39, 0.29) is 17.6 Å². The molecule has 1 amide bonds. The van der Waals surface area contributed by atoms with Gasteiger partial charge in [0.15, 0.2) is 0 Å². The van der Waals surface area contributed by atoms with E-state index >= 15 is 0 Å². The van der Waals surface area contributed by atoms with Crippen LogP contribution in [-0.2, 0) is 14.3 Å². The third-order valence-electron chi connectivity index (χ3n) is 3.29. The molecule has 8 heteroatoms. The molecule has 0 bridgehead atoms. The number of amides is 1. The summed E-state index contributed by atoms with van der Waals surface area (Å²) in [6.07, 6.45) is 5.07. The minimum absolute atomic E-state index is 0.0684. The lowest BCUT2D eigenvalue weighted by atomic mass is 10.1. The number of hydrogen-bond acceptors (Lipinski definition) is 6. The molecule has 0 aliphatic heterocycles. The Bertz CT molecular complexity index is 601. The second kappa shape index (κ2) is 10.9. The number of nitrogens with one attached hydrogen (secondary N) is 1. The molecule has 0 saturated heterocycles. The highest BCUT2D eigenvalue weighted by Crippen LogP contribution is 2.15. The van der Waals surface area contributed by atoms with Gasteiger partial charge in [0.2, 0.25) is 5.91 Å². The lowest BCUT2D eigenvalue weighted by Crippen LogP contribution is -2.17. The predicted molar refractivity (Wildman–Crippen MR) is 88.6 cm³/mol. The Morgan fingerprint density at radius 1 is 1.21 bits per heavy atom. The smallest absolute Gasteiger partial charge is 0.305 e. The Morgan fingerprint density at radius 3 is 2.54 bits per heavy atom. The van der Waals surface area contributed by atoms with Gasteiger partial charge in [-0.05, 0) is 18.9 Å². The van der Waals surface area contributed by atoms with Crippen LogP contribution < -0.4 is 5.43 Å². The number of nitro benzene ring substituents is 1. The molecule has 0 fully saturated rings. The van der Waals surface area contributed by atoms with Crippen LogP contribution in [0.2, 0.25) is 0 Å². The molecule has 130 valence electrons. The fourth-order valence-electron chi connectivity index (χ4n) is 2.00. The van der Waals surface area contributed by atoms with Crippen LogP contribution in [-0.4, -0.2) is 30.1 Å². The van der Waals surface area contributed by atoms with Gasteiger partial charge in [-0.1, -0.05) is 25.0 Å². The van der Waals surface area contributed by atoms with Crippen LogP contribution in [0, 0.1) is 10.1 Å². The van der Waals surface area contributed by atoms with Gasteiger partial charge in [-0.15, -0.1) is 0 Å². The number of benzene rings is 1. The van der Waals surface area contributed by atoms with Gasteiger partial charge in [-0.2, -0.15) is 5.10 Å². The first-order valence-corrected chi connectivity index (χ1v) is 7.66. The number of esters is 1. The summed E-state index contributed by atoms with van der Waals surface area (Å²) >= 11 is 0. The quantitative estimate of drug-likeness (QED) is 0.232. The van der Waals surface area contributed by atoms with E-state index in [9.17, 15) is 19.7 Å². The Hall–Kier alpha value is -2.77. The maximum absolute atomic E-state index is 11.6. The summed E-state index contributed by atoms with van der Waals surface area (Å²) in [7, 11) is 1.36. The number of rotatable bonds is 10. The predicted octanol–water partition coefficient (Wildman–Crippen LogP) is 2.56. The second-order valence-corrected chi connectivity index (χ2v) is 5.10. The number of carbonyl (C=O) groups is 2. The molecule has 0 aliphatic carbocycles. The van der Waals surface area contributed by atoms with Crippen LogP contribution in [0.25, 0.3) is 0 Å².